The van der Waals surface area contributed by atoms with Crippen LogP contribution in [0.5, 0.6) is 11.6 Å². The molecule has 0 fully saturated rings. The number of carbonyl (C=O) groups excluding carboxylic acids is 2. The second-order valence-corrected chi connectivity index (χ2v) is 6.78. The number of benzene rings is 2. The van der Waals surface area contributed by atoms with E-state index in [1.807, 2.05) is 18.2 Å². The quantitative estimate of drug-likeness (QED) is 0.597. The Morgan fingerprint density at radius 3 is 2.56 bits per heavy atom. The zero-order valence-corrected chi connectivity index (χ0v) is 16.1. The summed E-state index contributed by atoms with van der Waals surface area (Å²) < 4.78 is 6.52. The van der Waals surface area contributed by atoms with Crippen LogP contribution >= 0.6 is 27.5 Å². The van der Waals surface area contributed by atoms with Crippen LogP contribution < -0.4 is 15.8 Å². The van der Waals surface area contributed by atoms with Gasteiger partial charge in [0.15, 0.2) is 0 Å². The van der Waals surface area contributed by atoms with E-state index in [1.54, 1.807) is 24.3 Å². The van der Waals surface area contributed by atoms with Gasteiger partial charge < -0.3 is 15.8 Å². The zero-order valence-electron chi connectivity index (χ0n) is 13.8. The van der Waals surface area contributed by atoms with E-state index in [2.05, 4.69) is 26.2 Å². The predicted molar refractivity (Wildman–Crippen MR) is 106 cm³/mol. The number of nitrogens with zero attached hydrogens (tertiary/aromatic N) is 1. The Morgan fingerprint density at radius 2 is 1.93 bits per heavy atom. The highest BCUT2D eigenvalue weighted by atomic mass is 79.9. The van der Waals surface area contributed by atoms with Gasteiger partial charge in [-0.25, -0.2) is 4.98 Å². The van der Waals surface area contributed by atoms with Crippen molar-refractivity contribution in [3.63, 3.8) is 0 Å². The third-order valence-corrected chi connectivity index (χ3v) is 4.32. The first-order valence-electron chi connectivity index (χ1n) is 7.72. The van der Waals surface area contributed by atoms with Gasteiger partial charge in [0.2, 0.25) is 11.8 Å². The van der Waals surface area contributed by atoms with Gasteiger partial charge in [-0.1, -0.05) is 33.6 Å². The Balaban J connectivity index is 1.69. The van der Waals surface area contributed by atoms with E-state index in [-0.39, 0.29) is 16.5 Å². The van der Waals surface area contributed by atoms with Gasteiger partial charge >= 0.3 is 0 Å². The molecular formula is C19H13BrClN3O3. The maximum absolute atomic E-state index is 12.3. The van der Waals surface area contributed by atoms with Crippen LogP contribution in [0.3, 0.4) is 0 Å². The summed E-state index contributed by atoms with van der Waals surface area (Å²) in [4.78, 5) is 27.6. The lowest BCUT2D eigenvalue weighted by molar-refractivity contribution is 0.0998. The lowest BCUT2D eigenvalue weighted by Crippen LogP contribution is -2.14. The minimum atomic E-state index is -0.636. The van der Waals surface area contributed by atoms with Crippen LogP contribution in [-0.4, -0.2) is 16.8 Å². The highest BCUT2D eigenvalue weighted by Crippen LogP contribution is 2.24. The van der Waals surface area contributed by atoms with Crippen LogP contribution in [0.2, 0.25) is 5.02 Å². The first-order chi connectivity index (χ1) is 12.9. The molecule has 0 saturated carbocycles. The molecule has 0 saturated heterocycles. The minimum Gasteiger partial charge on any atom is -0.439 e. The van der Waals surface area contributed by atoms with E-state index in [0.717, 1.165) is 4.47 Å². The van der Waals surface area contributed by atoms with Crippen molar-refractivity contribution in [1.82, 2.24) is 4.98 Å². The number of halogens is 2. The fourth-order valence-corrected chi connectivity index (χ4v) is 2.87. The number of hydrogen-bond donors (Lipinski definition) is 2. The summed E-state index contributed by atoms with van der Waals surface area (Å²) in [7, 11) is 0. The Labute approximate surface area is 168 Å². The molecule has 1 heterocycles. The van der Waals surface area contributed by atoms with Crippen LogP contribution in [0.1, 0.15) is 20.7 Å². The monoisotopic (exact) mass is 445 g/mol. The van der Waals surface area contributed by atoms with Crippen molar-refractivity contribution in [2.24, 2.45) is 5.73 Å². The van der Waals surface area contributed by atoms with E-state index >= 15 is 0 Å². The fourth-order valence-electron chi connectivity index (χ4n) is 2.22. The summed E-state index contributed by atoms with van der Waals surface area (Å²) in [6.07, 6.45) is 1.40. The van der Waals surface area contributed by atoms with Gasteiger partial charge in [-0.2, -0.15) is 0 Å². The fraction of sp³-hybridized carbons (Fsp3) is 0. The van der Waals surface area contributed by atoms with Crippen molar-refractivity contribution < 1.29 is 14.3 Å². The van der Waals surface area contributed by atoms with E-state index in [9.17, 15) is 9.59 Å². The standard InChI is InChI=1S/C19H13BrClN3O3/c20-12-2-1-3-14(8-12)27-17-7-4-11(10-23-17)19(26)24-13-5-6-15(18(22)25)16(21)9-13/h1-10H,(H2,22,25)(H,24,26). The lowest BCUT2D eigenvalue weighted by atomic mass is 10.2. The third-order valence-electron chi connectivity index (χ3n) is 3.51. The topological polar surface area (TPSA) is 94.3 Å². The number of ether oxygens (including phenoxy) is 1. The average molecular weight is 447 g/mol. The molecule has 2 amide bonds. The molecule has 0 aliphatic rings. The van der Waals surface area contributed by atoms with Crippen LogP contribution in [0.15, 0.2) is 65.3 Å². The number of amides is 2. The van der Waals surface area contributed by atoms with Gasteiger partial charge in [0.25, 0.3) is 5.91 Å². The maximum atomic E-state index is 12.3. The van der Waals surface area contributed by atoms with Crippen molar-refractivity contribution in [1.29, 1.82) is 0 Å². The molecule has 8 heteroatoms. The summed E-state index contributed by atoms with van der Waals surface area (Å²) in [6, 6.07) is 15.0. The number of carbonyl (C=O) groups is 2. The minimum absolute atomic E-state index is 0.163. The van der Waals surface area contributed by atoms with Crippen molar-refractivity contribution >= 4 is 45.0 Å². The molecule has 3 N–H and O–H groups in total. The second-order valence-electron chi connectivity index (χ2n) is 5.46. The summed E-state index contributed by atoms with van der Waals surface area (Å²) >= 11 is 9.35. The Morgan fingerprint density at radius 1 is 1.11 bits per heavy atom. The highest BCUT2D eigenvalue weighted by molar-refractivity contribution is 9.10. The van der Waals surface area contributed by atoms with Crippen molar-refractivity contribution in [3.8, 4) is 11.6 Å². The summed E-state index contributed by atoms with van der Waals surface area (Å²) in [5, 5.41) is 2.84. The molecule has 0 atom stereocenters. The van der Waals surface area contributed by atoms with Gasteiger partial charge in [-0.15, -0.1) is 0 Å². The van der Waals surface area contributed by atoms with E-state index in [4.69, 9.17) is 22.1 Å². The molecule has 0 aliphatic carbocycles. The molecule has 0 aliphatic heterocycles. The van der Waals surface area contributed by atoms with Crippen molar-refractivity contribution in [2.75, 3.05) is 5.32 Å². The smallest absolute Gasteiger partial charge is 0.257 e. The number of anilines is 1. The molecule has 0 spiro atoms. The molecule has 2 aromatic carbocycles. The third kappa shape index (κ3) is 4.84. The first-order valence-corrected chi connectivity index (χ1v) is 8.89. The number of nitrogens with two attached hydrogens (primary N) is 1. The highest BCUT2D eigenvalue weighted by Gasteiger charge is 2.11. The molecule has 0 radical (unpaired) electrons. The van der Waals surface area contributed by atoms with Crippen molar-refractivity contribution in [2.45, 2.75) is 0 Å². The molecule has 1 aromatic heterocycles. The molecule has 0 bridgehead atoms. The molecule has 3 aromatic rings. The van der Waals surface area contributed by atoms with Gasteiger partial charge in [0.1, 0.15) is 5.75 Å². The maximum Gasteiger partial charge on any atom is 0.257 e. The molecule has 3 rings (SSSR count). The first kappa shape index (κ1) is 18.9. The number of pyridine rings is 1. The number of hydrogen-bond acceptors (Lipinski definition) is 4. The molecule has 0 unspecified atom stereocenters. The molecular weight excluding hydrogens is 434 g/mol. The average Bonchev–Trinajstić information content (AvgIpc) is 2.62. The summed E-state index contributed by atoms with van der Waals surface area (Å²) in [5.41, 5.74) is 6.16. The van der Waals surface area contributed by atoms with E-state index < -0.39 is 5.91 Å². The number of nitrogens with one attached hydrogen (secondary N) is 1. The zero-order chi connectivity index (χ0) is 19.4. The predicted octanol–water partition coefficient (Wildman–Crippen LogP) is 4.64. The molecule has 6 nitrogen and oxygen atoms in total. The Kier molecular flexibility index (Phi) is 5.73. The lowest BCUT2D eigenvalue weighted by Gasteiger charge is -2.08. The van der Waals surface area contributed by atoms with E-state index in [1.165, 1.54) is 18.3 Å². The largest absolute Gasteiger partial charge is 0.439 e. The SMILES string of the molecule is NC(=O)c1ccc(NC(=O)c2ccc(Oc3cccc(Br)c3)nc2)cc1Cl. The number of primary amides is 1. The summed E-state index contributed by atoms with van der Waals surface area (Å²) in [6.45, 7) is 0. The second kappa shape index (κ2) is 8.20. The van der Waals surface area contributed by atoms with Gasteiger partial charge in [0, 0.05) is 22.4 Å². The van der Waals surface area contributed by atoms with Crippen molar-refractivity contribution in [3.05, 3.63) is 81.4 Å². The van der Waals surface area contributed by atoms with Crippen LogP contribution in [0.25, 0.3) is 0 Å². The van der Waals surface area contributed by atoms with Gasteiger partial charge in [-0.05, 0) is 42.5 Å². The molecule has 136 valence electrons. The van der Waals surface area contributed by atoms with Crippen LogP contribution in [0, 0.1) is 0 Å². The van der Waals surface area contributed by atoms with Crippen LogP contribution in [0.4, 0.5) is 5.69 Å². The van der Waals surface area contributed by atoms with Gasteiger partial charge in [0.05, 0.1) is 16.1 Å². The van der Waals surface area contributed by atoms with E-state index in [0.29, 0.717) is 22.9 Å². The Bertz CT molecular complexity index is 1010. The normalized spacial score (nSPS) is 10.3. The number of aromatic nitrogens is 1. The molecule has 27 heavy (non-hydrogen) atoms. The number of rotatable bonds is 5. The van der Waals surface area contributed by atoms with Gasteiger partial charge in [-0.3, -0.25) is 9.59 Å². The Hall–Kier alpha value is -2.90. The summed E-state index contributed by atoms with van der Waals surface area (Å²) in [5.74, 6) is -0.0285. The van der Waals surface area contributed by atoms with Crippen LogP contribution in [-0.2, 0) is 0 Å².